The molecule has 1 aromatic carbocycles. The minimum Gasteiger partial charge on any atom is -0.450 e. The van der Waals surface area contributed by atoms with Crippen LogP contribution in [0, 0.1) is 5.82 Å². The standard InChI is InChI=1S/C24H38FN3O4S/c1-5-20(17-23-10-7-18(3)27(23)24(29)32-6-2)26-15-13-22(14-16-26)28(33(4,30)31)21-11-8-19(25)9-12-21/h8-9,11-12,18,20,22-23H,5-7,10,13-17H2,1-4H3. The summed E-state index contributed by atoms with van der Waals surface area (Å²) in [6, 6.07) is 6.20. The number of anilines is 1. The fourth-order valence-electron chi connectivity index (χ4n) is 5.46. The van der Waals surface area contributed by atoms with E-state index in [1.54, 1.807) is 0 Å². The average Bonchev–Trinajstić information content (AvgIpc) is 3.13. The average molecular weight is 484 g/mol. The number of ether oxygens (including phenoxy) is 1. The third-order valence-electron chi connectivity index (χ3n) is 7.07. The highest BCUT2D eigenvalue weighted by molar-refractivity contribution is 7.92. The predicted molar refractivity (Wildman–Crippen MR) is 128 cm³/mol. The summed E-state index contributed by atoms with van der Waals surface area (Å²) in [5.74, 6) is -0.383. The molecule has 33 heavy (non-hydrogen) atoms. The van der Waals surface area contributed by atoms with E-state index in [0.29, 0.717) is 31.2 Å². The molecule has 7 nitrogen and oxygen atoms in total. The zero-order valence-corrected chi connectivity index (χ0v) is 21.1. The fraction of sp³-hybridized carbons (Fsp3) is 0.708. The van der Waals surface area contributed by atoms with Crippen LogP contribution in [0.1, 0.15) is 59.3 Å². The second-order valence-corrected chi connectivity index (χ2v) is 11.1. The Bertz CT molecular complexity index is 887. The van der Waals surface area contributed by atoms with Crippen LogP contribution in [-0.2, 0) is 14.8 Å². The molecule has 3 atom stereocenters. The lowest BCUT2D eigenvalue weighted by Gasteiger charge is -2.42. The number of hydrogen-bond donors (Lipinski definition) is 0. The van der Waals surface area contributed by atoms with Crippen LogP contribution < -0.4 is 4.31 Å². The summed E-state index contributed by atoms with van der Waals surface area (Å²) in [5.41, 5.74) is 0.509. The lowest BCUT2D eigenvalue weighted by molar-refractivity contribution is 0.0743. The molecule has 0 radical (unpaired) electrons. The summed E-state index contributed by atoms with van der Waals surface area (Å²) in [4.78, 5) is 16.8. The van der Waals surface area contributed by atoms with Crippen molar-refractivity contribution in [2.45, 2.75) is 83.5 Å². The number of rotatable bonds is 8. The third-order valence-corrected chi connectivity index (χ3v) is 8.29. The Balaban J connectivity index is 1.65. The lowest BCUT2D eigenvalue weighted by Crippen LogP contribution is -2.51. The number of piperidine rings is 1. The summed E-state index contributed by atoms with van der Waals surface area (Å²) in [5, 5.41) is 0. The van der Waals surface area contributed by atoms with E-state index in [9.17, 15) is 17.6 Å². The summed E-state index contributed by atoms with van der Waals surface area (Å²) in [6.07, 6.45) is 6.26. The molecule has 0 aliphatic carbocycles. The molecule has 9 heteroatoms. The third kappa shape index (κ3) is 6.18. The van der Waals surface area contributed by atoms with Crippen LogP contribution in [0.5, 0.6) is 0 Å². The highest BCUT2D eigenvalue weighted by Crippen LogP contribution is 2.32. The molecule has 2 fully saturated rings. The van der Waals surface area contributed by atoms with Gasteiger partial charge in [-0.2, -0.15) is 0 Å². The number of hydrogen-bond acceptors (Lipinski definition) is 5. The molecule has 0 bridgehead atoms. The maximum Gasteiger partial charge on any atom is 0.410 e. The van der Waals surface area contributed by atoms with Gasteiger partial charge in [0.15, 0.2) is 0 Å². The van der Waals surface area contributed by atoms with Crippen molar-refractivity contribution in [3.05, 3.63) is 30.1 Å². The molecule has 0 saturated carbocycles. The zero-order chi connectivity index (χ0) is 24.2. The van der Waals surface area contributed by atoms with Crippen molar-refractivity contribution in [1.82, 2.24) is 9.80 Å². The molecule has 186 valence electrons. The smallest absolute Gasteiger partial charge is 0.410 e. The van der Waals surface area contributed by atoms with Crippen LogP contribution in [-0.4, -0.2) is 74.4 Å². The Labute approximate surface area is 197 Å². The molecule has 0 aromatic heterocycles. The molecular formula is C24H38FN3O4S. The van der Waals surface area contributed by atoms with Crippen molar-refractivity contribution in [2.24, 2.45) is 0 Å². The largest absolute Gasteiger partial charge is 0.450 e. The van der Waals surface area contributed by atoms with Gasteiger partial charge < -0.3 is 14.5 Å². The van der Waals surface area contributed by atoms with Gasteiger partial charge in [0.2, 0.25) is 10.0 Å². The van der Waals surface area contributed by atoms with Crippen LogP contribution in [0.4, 0.5) is 14.9 Å². The van der Waals surface area contributed by atoms with Crippen molar-refractivity contribution >= 4 is 21.8 Å². The molecule has 2 aliphatic heterocycles. The first-order valence-corrected chi connectivity index (χ1v) is 13.9. The number of carbonyl (C=O) groups is 1. The number of amides is 1. The number of likely N-dealkylation sites (tertiary alicyclic amines) is 2. The quantitative estimate of drug-likeness (QED) is 0.553. The van der Waals surface area contributed by atoms with Gasteiger partial charge in [0.1, 0.15) is 5.82 Å². The fourth-order valence-corrected chi connectivity index (χ4v) is 6.72. The maximum atomic E-state index is 13.4. The van der Waals surface area contributed by atoms with E-state index in [1.807, 2.05) is 11.8 Å². The van der Waals surface area contributed by atoms with Gasteiger partial charge in [-0.05, 0) is 76.6 Å². The topological polar surface area (TPSA) is 70.2 Å². The summed E-state index contributed by atoms with van der Waals surface area (Å²) < 4.78 is 45.3. The molecule has 1 aromatic rings. The molecule has 0 spiro atoms. The Morgan fingerprint density at radius 2 is 1.79 bits per heavy atom. The van der Waals surface area contributed by atoms with Gasteiger partial charge in [-0.15, -0.1) is 0 Å². The first kappa shape index (κ1) is 25.7. The van der Waals surface area contributed by atoms with Crippen molar-refractivity contribution in [1.29, 1.82) is 0 Å². The SMILES string of the molecule is CCOC(=O)N1C(C)CCC1CC(CC)N1CCC(N(c2ccc(F)cc2)S(C)(=O)=O)CC1. The number of sulfonamides is 1. The first-order valence-electron chi connectivity index (χ1n) is 12.1. The van der Waals surface area contributed by atoms with E-state index in [1.165, 1.54) is 34.8 Å². The van der Waals surface area contributed by atoms with Gasteiger partial charge in [0.25, 0.3) is 0 Å². The number of benzene rings is 1. The summed E-state index contributed by atoms with van der Waals surface area (Å²) in [6.45, 7) is 8.04. The molecule has 3 rings (SSSR count). The summed E-state index contributed by atoms with van der Waals surface area (Å²) >= 11 is 0. The van der Waals surface area contributed by atoms with Gasteiger partial charge in [0.05, 0.1) is 18.6 Å². The Morgan fingerprint density at radius 3 is 2.33 bits per heavy atom. The lowest BCUT2D eigenvalue weighted by atomic mass is 9.97. The van der Waals surface area contributed by atoms with Crippen LogP contribution in [0.25, 0.3) is 0 Å². The monoisotopic (exact) mass is 483 g/mol. The Kier molecular flexibility index (Phi) is 8.61. The molecule has 2 aliphatic rings. The zero-order valence-electron chi connectivity index (χ0n) is 20.2. The van der Waals surface area contributed by atoms with Crippen LogP contribution >= 0.6 is 0 Å². The second-order valence-electron chi connectivity index (χ2n) is 9.29. The van der Waals surface area contributed by atoms with Crippen molar-refractivity contribution in [3.63, 3.8) is 0 Å². The molecule has 1 amide bonds. The summed E-state index contributed by atoms with van der Waals surface area (Å²) in [7, 11) is -3.49. The number of nitrogens with zero attached hydrogens (tertiary/aromatic N) is 3. The van der Waals surface area contributed by atoms with Crippen LogP contribution in [0.2, 0.25) is 0 Å². The predicted octanol–water partition coefficient (Wildman–Crippen LogP) is 4.23. The van der Waals surface area contributed by atoms with E-state index < -0.39 is 10.0 Å². The minimum absolute atomic E-state index is 0.151. The van der Waals surface area contributed by atoms with Crippen molar-refractivity contribution < 1.29 is 22.3 Å². The van der Waals surface area contributed by atoms with Crippen LogP contribution in [0.3, 0.4) is 0 Å². The number of halogens is 1. The van der Waals surface area contributed by atoms with Crippen molar-refractivity contribution in [3.8, 4) is 0 Å². The molecule has 0 N–H and O–H groups in total. The normalized spacial score (nSPS) is 23.5. The molecule has 3 unspecified atom stereocenters. The minimum atomic E-state index is -3.49. The second kappa shape index (κ2) is 11.0. The highest BCUT2D eigenvalue weighted by atomic mass is 32.2. The van der Waals surface area contributed by atoms with Gasteiger partial charge in [-0.3, -0.25) is 4.31 Å². The van der Waals surface area contributed by atoms with Crippen molar-refractivity contribution in [2.75, 3.05) is 30.3 Å². The number of carbonyl (C=O) groups excluding carboxylic acids is 1. The highest BCUT2D eigenvalue weighted by Gasteiger charge is 2.38. The van der Waals surface area contributed by atoms with E-state index in [2.05, 4.69) is 18.7 Å². The van der Waals surface area contributed by atoms with Gasteiger partial charge in [-0.25, -0.2) is 17.6 Å². The van der Waals surface area contributed by atoms with Gasteiger partial charge >= 0.3 is 6.09 Å². The molecular weight excluding hydrogens is 445 g/mol. The Morgan fingerprint density at radius 1 is 1.15 bits per heavy atom. The van der Waals surface area contributed by atoms with Crippen LogP contribution in [0.15, 0.2) is 24.3 Å². The Hall–Kier alpha value is -1.87. The van der Waals surface area contributed by atoms with E-state index >= 15 is 0 Å². The van der Waals surface area contributed by atoms with Gasteiger partial charge in [0, 0.05) is 37.3 Å². The first-order chi connectivity index (χ1) is 15.7. The van der Waals surface area contributed by atoms with E-state index in [-0.39, 0.29) is 30.0 Å². The van der Waals surface area contributed by atoms with E-state index in [4.69, 9.17) is 4.74 Å². The van der Waals surface area contributed by atoms with Gasteiger partial charge in [-0.1, -0.05) is 6.92 Å². The molecule has 2 saturated heterocycles. The maximum absolute atomic E-state index is 13.4. The molecule has 2 heterocycles. The van der Waals surface area contributed by atoms with E-state index in [0.717, 1.165) is 38.8 Å².